The minimum atomic E-state index is -0.0196. The zero-order valence-corrected chi connectivity index (χ0v) is 14.2. The minimum absolute atomic E-state index is 0.0125. The highest BCUT2D eigenvalue weighted by Gasteiger charge is 2.15. The molecule has 5 heteroatoms. The number of carbonyl (C=O) groups is 1. The van der Waals surface area contributed by atoms with Gasteiger partial charge in [-0.1, -0.05) is 19.1 Å². The van der Waals surface area contributed by atoms with Gasteiger partial charge in [0.25, 0.3) is 0 Å². The fourth-order valence-corrected chi connectivity index (χ4v) is 3.45. The SMILES string of the molecule is C[C@@H]1CCCN(CCNC(=O)Cn2ccc(=O)c3ccccc32)C1. The van der Waals surface area contributed by atoms with Crippen molar-refractivity contribution in [3.63, 3.8) is 0 Å². The fourth-order valence-electron chi connectivity index (χ4n) is 3.45. The van der Waals surface area contributed by atoms with Crippen LogP contribution in [0.15, 0.2) is 41.3 Å². The van der Waals surface area contributed by atoms with E-state index in [-0.39, 0.29) is 17.9 Å². The molecule has 1 aliphatic heterocycles. The summed E-state index contributed by atoms with van der Waals surface area (Å²) in [6.45, 7) is 6.35. The predicted octanol–water partition coefficient (Wildman–Crippen LogP) is 1.85. The Balaban J connectivity index is 1.56. The van der Waals surface area contributed by atoms with E-state index >= 15 is 0 Å². The molecule has 0 aliphatic carbocycles. The van der Waals surface area contributed by atoms with Gasteiger partial charge >= 0.3 is 0 Å². The Hall–Kier alpha value is -2.14. The number of para-hydroxylation sites is 1. The lowest BCUT2D eigenvalue weighted by Gasteiger charge is -2.30. The maximum atomic E-state index is 12.2. The van der Waals surface area contributed by atoms with Crippen molar-refractivity contribution in [1.29, 1.82) is 0 Å². The molecule has 0 spiro atoms. The Kier molecular flexibility index (Phi) is 5.30. The molecule has 1 atom stereocenters. The van der Waals surface area contributed by atoms with Crippen LogP contribution < -0.4 is 10.7 Å². The quantitative estimate of drug-likeness (QED) is 0.912. The van der Waals surface area contributed by atoms with Crippen LogP contribution in [0.3, 0.4) is 0 Å². The Morgan fingerprint density at radius 2 is 2.12 bits per heavy atom. The normalized spacial score (nSPS) is 18.6. The summed E-state index contributed by atoms with van der Waals surface area (Å²) < 4.78 is 1.83. The highest BCUT2D eigenvalue weighted by atomic mass is 16.2. The number of fused-ring (bicyclic) bond motifs is 1. The van der Waals surface area contributed by atoms with Crippen LogP contribution in [0.25, 0.3) is 10.9 Å². The summed E-state index contributed by atoms with van der Waals surface area (Å²) >= 11 is 0. The maximum Gasteiger partial charge on any atom is 0.239 e. The first-order valence-electron chi connectivity index (χ1n) is 8.71. The number of carbonyl (C=O) groups excluding carboxylic acids is 1. The summed E-state index contributed by atoms with van der Waals surface area (Å²) in [7, 11) is 0. The number of hydrogen-bond donors (Lipinski definition) is 1. The zero-order chi connectivity index (χ0) is 16.9. The summed E-state index contributed by atoms with van der Waals surface area (Å²) in [5, 5.41) is 3.64. The smallest absolute Gasteiger partial charge is 0.239 e. The van der Waals surface area contributed by atoms with E-state index in [1.54, 1.807) is 12.3 Å². The lowest BCUT2D eigenvalue weighted by Crippen LogP contribution is -2.40. The lowest BCUT2D eigenvalue weighted by atomic mass is 10.0. The van der Waals surface area contributed by atoms with Crippen LogP contribution in [0.1, 0.15) is 19.8 Å². The third-order valence-corrected chi connectivity index (χ3v) is 4.69. The number of nitrogens with zero attached hydrogens (tertiary/aromatic N) is 2. The number of aromatic nitrogens is 1. The first-order valence-corrected chi connectivity index (χ1v) is 8.71. The van der Waals surface area contributed by atoms with Crippen molar-refractivity contribution in [2.24, 2.45) is 5.92 Å². The van der Waals surface area contributed by atoms with E-state index in [1.807, 2.05) is 22.8 Å². The Morgan fingerprint density at radius 1 is 1.29 bits per heavy atom. The first-order chi connectivity index (χ1) is 11.6. The van der Waals surface area contributed by atoms with Gasteiger partial charge in [0, 0.05) is 37.3 Å². The van der Waals surface area contributed by atoms with Crippen molar-refractivity contribution in [1.82, 2.24) is 14.8 Å². The molecule has 3 rings (SSSR count). The van der Waals surface area contributed by atoms with E-state index in [4.69, 9.17) is 0 Å². The number of nitrogens with one attached hydrogen (secondary N) is 1. The molecule has 0 unspecified atom stereocenters. The van der Waals surface area contributed by atoms with Gasteiger partial charge in [-0.2, -0.15) is 0 Å². The third-order valence-electron chi connectivity index (χ3n) is 4.69. The molecule has 2 aromatic rings. The van der Waals surface area contributed by atoms with E-state index in [9.17, 15) is 9.59 Å². The van der Waals surface area contributed by atoms with Gasteiger partial charge in [0.05, 0.1) is 5.52 Å². The second kappa shape index (κ2) is 7.62. The number of piperidine rings is 1. The van der Waals surface area contributed by atoms with Crippen molar-refractivity contribution < 1.29 is 4.79 Å². The topological polar surface area (TPSA) is 54.3 Å². The average Bonchev–Trinajstić information content (AvgIpc) is 2.58. The molecule has 1 saturated heterocycles. The molecule has 1 N–H and O–H groups in total. The number of likely N-dealkylation sites (tertiary alicyclic amines) is 1. The van der Waals surface area contributed by atoms with E-state index in [2.05, 4.69) is 17.1 Å². The number of benzene rings is 1. The number of pyridine rings is 1. The standard InChI is InChI=1S/C19H25N3O2/c1-15-5-4-10-21(13-15)12-9-20-19(24)14-22-11-8-18(23)16-6-2-3-7-17(16)22/h2-3,6-8,11,15H,4-5,9-10,12-14H2,1H3,(H,20,24)/t15-/m1/s1. The highest BCUT2D eigenvalue weighted by Crippen LogP contribution is 2.14. The molecule has 1 amide bonds. The van der Waals surface area contributed by atoms with Crippen LogP contribution in [0.4, 0.5) is 0 Å². The maximum absolute atomic E-state index is 12.2. The van der Waals surface area contributed by atoms with Gasteiger partial charge in [0.1, 0.15) is 6.54 Å². The van der Waals surface area contributed by atoms with Crippen LogP contribution in [-0.2, 0) is 11.3 Å². The molecule has 0 bridgehead atoms. The second-order valence-corrected chi connectivity index (χ2v) is 6.72. The molecular weight excluding hydrogens is 302 g/mol. The monoisotopic (exact) mass is 327 g/mol. The summed E-state index contributed by atoms with van der Waals surface area (Å²) in [6, 6.07) is 8.91. The van der Waals surface area contributed by atoms with Crippen molar-refractivity contribution in [3.05, 3.63) is 46.8 Å². The largest absolute Gasteiger partial charge is 0.353 e. The number of amides is 1. The fraction of sp³-hybridized carbons (Fsp3) is 0.474. The van der Waals surface area contributed by atoms with Crippen molar-refractivity contribution in [2.75, 3.05) is 26.2 Å². The molecule has 0 radical (unpaired) electrons. The van der Waals surface area contributed by atoms with Crippen molar-refractivity contribution in [3.8, 4) is 0 Å². The van der Waals surface area contributed by atoms with Gasteiger partial charge in [0.15, 0.2) is 5.43 Å². The molecular formula is C19H25N3O2. The lowest BCUT2D eigenvalue weighted by molar-refractivity contribution is -0.121. The summed E-state index contributed by atoms with van der Waals surface area (Å²) in [5.74, 6) is 0.732. The second-order valence-electron chi connectivity index (χ2n) is 6.72. The van der Waals surface area contributed by atoms with E-state index < -0.39 is 0 Å². The molecule has 1 fully saturated rings. The molecule has 1 aromatic carbocycles. The predicted molar refractivity (Wildman–Crippen MR) is 96.1 cm³/mol. The molecule has 24 heavy (non-hydrogen) atoms. The van der Waals surface area contributed by atoms with Crippen LogP contribution in [0.5, 0.6) is 0 Å². The van der Waals surface area contributed by atoms with Crippen LogP contribution in [0, 0.1) is 5.92 Å². The first kappa shape index (κ1) is 16.7. The van der Waals surface area contributed by atoms with Gasteiger partial charge in [-0.3, -0.25) is 9.59 Å². The number of rotatable bonds is 5. The van der Waals surface area contributed by atoms with E-state index in [0.29, 0.717) is 11.9 Å². The Labute approximate surface area is 142 Å². The van der Waals surface area contributed by atoms with Crippen molar-refractivity contribution >= 4 is 16.8 Å². The summed E-state index contributed by atoms with van der Waals surface area (Å²) in [4.78, 5) is 26.5. The Bertz CT molecular complexity index is 769. The van der Waals surface area contributed by atoms with Crippen LogP contribution in [0.2, 0.25) is 0 Å². The van der Waals surface area contributed by atoms with Gasteiger partial charge < -0.3 is 14.8 Å². The van der Waals surface area contributed by atoms with Gasteiger partial charge in [0.2, 0.25) is 5.91 Å². The van der Waals surface area contributed by atoms with Gasteiger partial charge in [-0.15, -0.1) is 0 Å². The Morgan fingerprint density at radius 3 is 2.96 bits per heavy atom. The molecule has 1 aromatic heterocycles. The molecule has 128 valence electrons. The third kappa shape index (κ3) is 4.03. The van der Waals surface area contributed by atoms with Gasteiger partial charge in [-0.05, 0) is 37.4 Å². The molecule has 5 nitrogen and oxygen atoms in total. The molecule has 1 aliphatic rings. The average molecular weight is 327 g/mol. The zero-order valence-electron chi connectivity index (χ0n) is 14.2. The van der Waals surface area contributed by atoms with Gasteiger partial charge in [-0.25, -0.2) is 0 Å². The van der Waals surface area contributed by atoms with E-state index in [1.165, 1.54) is 18.9 Å². The minimum Gasteiger partial charge on any atom is -0.353 e. The highest BCUT2D eigenvalue weighted by molar-refractivity contribution is 5.82. The van der Waals surface area contributed by atoms with Crippen molar-refractivity contribution in [2.45, 2.75) is 26.3 Å². The van der Waals surface area contributed by atoms with Crippen LogP contribution >= 0.6 is 0 Å². The molecule has 2 heterocycles. The summed E-state index contributed by atoms with van der Waals surface area (Å²) in [6.07, 6.45) is 4.25. The van der Waals surface area contributed by atoms with Crippen LogP contribution in [-0.4, -0.2) is 41.6 Å². The summed E-state index contributed by atoms with van der Waals surface area (Å²) in [5.41, 5.74) is 0.784. The van der Waals surface area contributed by atoms with E-state index in [0.717, 1.165) is 31.1 Å². The number of hydrogen-bond acceptors (Lipinski definition) is 3. The molecule has 0 saturated carbocycles.